The highest BCUT2D eigenvalue weighted by atomic mass is 32.2. The normalized spacial score (nSPS) is 13.2. The van der Waals surface area contributed by atoms with Crippen molar-refractivity contribution in [2.45, 2.75) is 51.2 Å². The molecule has 168 valence electrons. The van der Waals surface area contributed by atoms with Crippen LogP contribution in [0, 0.1) is 13.8 Å². The first kappa shape index (κ1) is 22.5. The Morgan fingerprint density at radius 3 is 2.72 bits per heavy atom. The minimum Gasteiger partial charge on any atom is -0.465 e. The van der Waals surface area contributed by atoms with Gasteiger partial charge in [-0.05, 0) is 44.7 Å². The monoisotopic (exact) mass is 470 g/mol. The van der Waals surface area contributed by atoms with E-state index in [1.54, 1.807) is 0 Å². The number of aromatic nitrogens is 3. The van der Waals surface area contributed by atoms with E-state index in [0.29, 0.717) is 16.5 Å². The lowest BCUT2D eigenvalue weighted by Crippen LogP contribution is -2.16. The Morgan fingerprint density at radius 2 is 2.03 bits per heavy atom. The molecule has 0 aliphatic heterocycles. The molecule has 0 spiro atoms. The minimum atomic E-state index is -0.468. The predicted octanol–water partition coefficient (Wildman–Crippen LogP) is 5.04. The number of thioether (sulfide) groups is 1. The van der Waals surface area contributed by atoms with Crippen LogP contribution in [0.5, 0.6) is 0 Å². The van der Waals surface area contributed by atoms with E-state index < -0.39 is 5.97 Å². The van der Waals surface area contributed by atoms with Crippen LogP contribution >= 0.6 is 23.1 Å². The third kappa shape index (κ3) is 4.59. The minimum absolute atomic E-state index is 0.181. The van der Waals surface area contributed by atoms with Gasteiger partial charge in [-0.25, -0.2) is 4.79 Å². The number of hydrogen-bond acceptors (Lipinski definition) is 7. The van der Waals surface area contributed by atoms with E-state index in [2.05, 4.69) is 27.0 Å². The van der Waals surface area contributed by atoms with Crippen LogP contribution in [0.25, 0.3) is 11.1 Å². The molecule has 1 aliphatic rings. The van der Waals surface area contributed by atoms with Crippen molar-refractivity contribution in [3.05, 3.63) is 46.1 Å². The number of nitrogens with one attached hydrogen (secondary N) is 1. The summed E-state index contributed by atoms with van der Waals surface area (Å²) in [5, 5.41) is 14.6. The van der Waals surface area contributed by atoms with Crippen LogP contribution in [0.4, 0.5) is 5.00 Å². The number of benzene rings is 1. The number of thiophene rings is 1. The Hall–Kier alpha value is -2.65. The number of anilines is 1. The zero-order valence-electron chi connectivity index (χ0n) is 18.6. The fraction of sp³-hybridized carbons (Fsp3) is 0.391. The molecule has 1 fully saturated rings. The summed E-state index contributed by atoms with van der Waals surface area (Å²) in [6, 6.07) is 6.10. The number of ether oxygens (including phenoxy) is 1. The van der Waals surface area contributed by atoms with Crippen LogP contribution in [0.3, 0.4) is 0 Å². The quantitative estimate of drug-likeness (QED) is 0.367. The molecule has 1 aliphatic carbocycles. The summed E-state index contributed by atoms with van der Waals surface area (Å²) in [6.07, 6.45) is 2.31. The lowest BCUT2D eigenvalue weighted by Gasteiger charge is -2.10. The molecule has 2 heterocycles. The van der Waals surface area contributed by atoms with Gasteiger partial charge in [0.05, 0.1) is 12.9 Å². The summed E-state index contributed by atoms with van der Waals surface area (Å²) in [6.45, 7) is 6.85. The van der Waals surface area contributed by atoms with Crippen molar-refractivity contribution in [2.24, 2.45) is 0 Å². The van der Waals surface area contributed by atoms with E-state index >= 15 is 0 Å². The van der Waals surface area contributed by atoms with Crippen molar-refractivity contribution in [2.75, 3.05) is 18.2 Å². The molecule has 0 bridgehead atoms. The van der Waals surface area contributed by atoms with Crippen molar-refractivity contribution in [3.63, 3.8) is 0 Å². The average Bonchev–Trinajstić information content (AvgIpc) is 3.42. The number of carbonyl (C=O) groups is 2. The van der Waals surface area contributed by atoms with Gasteiger partial charge in [0.1, 0.15) is 16.4 Å². The first-order valence-electron chi connectivity index (χ1n) is 10.6. The molecule has 32 heavy (non-hydrogen) atoms. The summed E-state index contributed by atoms with van der Waals surface area (Å²) < 4.78 is 7.11. The summed E-state index contributed by atoms with van der Waals surface area (Å²) in [4.78, 5) is 25.3. The summed E-state index contributed by atoms with van der Waals surface area (Å²) >= 11 is 2.69. The van der Waals surface area contributed by atoms with Gasteiger partial charge >= 0.3 is 5.97 Å². The van der Waals surface area contributed by atoms with Crippen LogP contribution in [0.1, 0.15) is 53.0 Å². The van der Waals surface area contributed by atoms with Gasteiger partial charge in [0.2, 0.25) is 5.91 Å². The fourth-order valence-corrected chi connectivity index (χ4v) is 5.39. The number of rotatable bonds is 8. The highest BCUT2D eigenvalue weighted by Gasteiger charge is 2.30. The molecule has 1 amide bonds. The second-order valence-corrected chi connectivity index (χ2v) is 9.68. The number of amides is 1. The van der Waals surface area contributed by atoms with Crippen LogP contribution in [-0.2, 0) is 16.1 Å². The van der Waals surface area contributed by atoms with Crippen molar-refractivity contribution in [1.29, 1.82) is 0 Å². The van der Waals surface area contributed by atoms with Crippen molar-refractivity contribution < 1.29 is 14.3 Å². The molecular formula is C23H26N4O3S2. The predicted molar refractivity (Wildman–Crippen MR) is 128 cm³/mol. The van der Waals surface area contributed by atoms with Gasteiger partial charge in [0.25, 0.3) is 0 Å². The zero-order valence-corrected chi connectivity index (χ0v) is 20.2. The second kappa shape index (κ2) is 9.46. The third-order valence-electron chi connectivity index (χ3n) is 5.45. The maximum Gasteiger partial charge on any atom is 0.341 e. The Bertz CT molecular complexity index is 1160. The van der Waals surface area contributed by atoms with Crippen LogP contribution < -0.4 is 5.32 Å². The molecule has 1 aromatic carbocycles. The Balaban J connectivity index is 1.53. The highest BCUT2D eigenvalue weighted by Crippen LogP contribution is 2.40. The summed E-state index contributed by atoms with van der Waals surface area (Å²) in [7, 11) is 1.35. The van der Waals surface area contributed by atoms with Gasteiger partial charge in [-0.3, -0.25) is 4.79 Å². The largest absolute Gasteiger partial charge is 0.465 e. The smallest absolute Gasteiger partial charge is 0.341 e. The van der Waals surface area contributed by atoms with E-state index in [-0.39, 0.29) is 11.7 Å². The summed E-state index contributed by atoms with van der Waals surface area (Å²) in [5.74, 6) is 1.03. The highest BCUT2D eigenvalue weighted by molar-refractivity contribution is 7.99. The first-order valence-corrected chi connectivity index (χ1v) is 12.4. The van der Waals surface area contributed by atoms with Crippen LogP contribution in [0.2, 0.25) is 0 Å². The summed E-state index contributed by atoms with van der Waals surface area (Å²) in [5.41, 5.74) is 4.26. The maximum absolute atomic E-state index is 12.7. The van der Waals surface area contributed by atoms with Gasteiger partial charge in [-0.1, -0.05) is 35.5 Å². The molecule has 7 nitrogen and oxygen atoms in total. The van der Waals surface area contributed by atoms with Gasteiger partial charge in [-0.2, -0.15) is 0 Å². The van der Waals surface area contributed by atoms with E-state index in [4.69, 9.17) is 4.74 Å². The van der Waals surface area contributed by atoms with E-state index in [1.807, 2.05) is 37.4 Å². The number of carbonyl (C=O) groups excluding carboxylic acids is 2. The molecule has 1 N–H and O–H groups in total. The molecule has 3 aromatic rings. The van der Waals surface area contributed by atoms with E-state index in [9.17, 15) is 9.59 Å². The van der Waals surface area contributed by atoms with Crippen molar-refractivity contribution >= 4 is 40.0 Å². The zero-order chi connectivity index (χ0) is 22.8. The molecule has 9 heteroatoms. The third-order valence-corrected chi connectivity index (χ3v) is 7.32. The molecule has 0 atom stereocenters. The van der Waals surface area contributed by atoms with Crippen molar-refractivity contribution in [3.8, 4) is 11.1 Å². The van der Waals surface area contributed by atoms with Gasteiger partial charge in [0.15, 0.2) is 5.16 Å². The fourth-order valence-electron chi connectivity index (χ4n) is 3.62. The Kier molecular flexibility index (Phi) is 6.66. The molecule has 0 saturated heterocycles. The molecule has 0 unspecified atom stereocenters. The van der Waals surface area contributed by atoms with Crippen LogP contribution in [0.15, 0.2) is 28.7 Å². The molecule has 2 aromatic heterocycles. The first-order chi connectivity index (χ1) is 15.4. The van der Waals surface area contributed by atoms with Crippen LogP contribution in [-0.4, -0.2) is 39.5 Å². The number of hydrogen-bond donors (Lipinski definition) is 1. The molecule has 0 radical (unpaired) electrons. The number of aryl methyl sites for hydroxylation is 2. The average molecular weight is 471 g/mol. The standard InChI is InChI=1S/C23H26N4O3S2/c1-5-27-20(15-8-9-15)25-26-23(27)32-12-18(28)24-21-19(22(29)30-4)17(11-31-21)16-10-13(2)6-7-14(16)3/h6-7,10-11,15H,5,8-9,12H2,1-4H3,(H,24,28). The molecule has 4 rings (SSSR count). The van der Waals surface area contributed by atoms with E-state index in [1.165, 1.54) is 30.2 Å². The van der Waals surface area contributed by atoms with Crippen molar-refractivity contribution in [1.82, 2.24) is 14.8 Å². The Morgan fingerprint density at radius 1 is 1.25 bits per heavy atom. The van der Waals surface area contributed by atoms with Gasteiger partial charge in [-0.15, -0.1) is 21.5 Å². The lowest BCUT2D eigenvalue weighted by molar-refractivity contribution is -0.113. The molecular weight excluding hydrogens is 444 g/mol. The maximum atomic E-state index is 12.7. The van der Waals surface area contributed by atoms with Gasteiger partial charge in [0, 0.05) is 23.4 Å². The second-order valence-electron chi connectivity index (χ2n) is 7.86. The SMILES string of the molecule is CCn1c(SCC(=O)Nc2scc(-c3cc(C)ccc3C)c2C(=O)OC)nnc1C1CC1. The number of nitrogens with zero attached hydrogens (tertiary/aromatic N) is 3. The lowest BCUT2D eigenvalue weighted by atomic mass is 9.97. The Labute approximate surface area is 195 Å². The molecule has 1 saturated carbocycles. The topological polar surface area (TPSA) is 86.1 Å². The number of esters is 1. The number of methoxy groups -OCH3 is 1. The van der Waals surface area contributed by atoms with Gasteiger partial charge < -0.3 is 14.6 Å². The van der Waals surface area contributed by atoms with E-state index in [0.717, 1.165) is 52.6 Å².